The number of fused-ring (bicyclic) bond motifs is 1. The summed E-state index contributed by atoms with van der Waals surface area (Å²) in [6.45, 7) is 0. The second-order valence-electron chi connectivity index (χ2n) is 4.28. The summed E-state index contributed by atoms with van der Waals surface area (Å²) >= 11 is 0. The van der Waals surface area contributed by atoms with Crippen molar-refractivity contribution in [3.05, 3.63) is 47.3 Å². The minimum absolute atomic E-state index is 0.239. The van der Waals surface area contributed by atoms with Gasteiger partial charge in [-0.15, -0.1) is 0 Å². The van der Waals surface area contributed by atoms with Gasteiger partial charge in [-0.2, -0.15) is 5.10 Å². The minimum Gasteiger partial charge on any atom is -0.267 e. The molecule has 0 atom stereocenters. The van der Waals surface area contributed by atoms with E-state index in [1.165, 1.54) is 0 Å². The fourth-order valence-corrected chi connectivity index (χ4v) is 2.01. The third-order valence-electron chi connectivity index (χ3n) is 2.99. The second kappa shape index (κ2) is 5.01. The number of rotatable bonds is 2. The van der Waals surface area contributed by atoms with Crippen molar-refractivity contribution in [2.75, 3.05) is 0 Å². The van der Waals surface area contributed by atoms with E-state index < -0.39 is 0 Å². The molecule has 0 fully saturated rings. The van der Waals surface area contributed by atoms with Gasteiger partial charge in [0.05, 0.1) is 5.71 Å². The first-order chi connectivity index (χ1) is 9.34. The molecule has 1 aliphatic rings. The smallest absolute Gasteiger partial charge is 0.267 e. The molecule has 1 aromatic heterocycles. The molecule has 6 nitrogen and oxygen atoms in total. The number of carbonyl (C=O) groups excluding carboxylic acids is 1. The molecule has 0 unspecified atom stereocenters. The Morgan fingerprint density at radius 1 is 1.21 bits per heavy atom. The molecule has 1 amide bonds. The minimum atomic E-state index is -0.239. The fourth-order valence-electron chi connectivity index (χ4n) is 2.01. The summed E-state index contributed by atoms with van der Waals surface area (Å²) in [4.78, 5) is 11.9. The Kier molecular flexibility index (Phi) is 3.06. The highest BCUT2D eigenvalue weighted by Crippen LogP contribution is 2.17. The Hall–Kier alpha value is -2.50. The van der Waals surface area contributed by atoms with Crippen LogP contribution >= 0.6 is 0 Å². The monoisotopic (exact) mass is 256 g/mol. The maximum atomic E-state index is 11.9. The number of carbonyl (C=O) groups is 1. The van der Waals surface area contributed by atoms with Crippen molar-refractivity contribution < 1.29 is 9.42 Å². The third kappa shape index (κ3) is 2.37. The molecule has 1 aromatic carbocycles. The van der Waals surface area contributed by atoms with Gasteiger partial charge in [0.1, 0.15) is 5.69 Å². The van der Waals surface area contributed by atoms with Gasteiger partial charge >= 0.3 is 0 Å². The lowest BCUT2D eigenvalue weighted by Crippen LogP contribution is -2.22. The van der Waals surface area contributed by atoms with Crippen molar-refractivity contribution in [3.63, 3.8) is 0 Å². The lowest BCUT2D eigenvalue weighted by Gasteiger charge is -2.09. The predicted molar refractivity (Wildman–Crippen MR) is 67.7 cm³/mol. The van der Waals surface area contributed by atoms with Crippen LogP contribution in [0.5, 0.6) is 0 Å². The number of nitrogens with zero attached hydrogens (tertiary/aromatic N) is 3. The van der Waals surface area contributed by atoms with E-state index in [9.17, 15) is 4.79 Å². The van der Waals surface area contributed by atoms with Gasteiger partial charge in [-0.05, 0) is 36.6 Å². The first-order valence-corrected chi connectivity index (χ1v) is 6.08. The number of hydrogen-bond acceptors (Lipinski definition) is 5. The quantitative estimate of drug-likeness (QED) is 0.826. The van der Waals surface area contributed by atoms with E-state index in [1.54, 1.807) is 12.1 Å². The second-order valence-corrected chi connectivity index (χ2v) is 4.28. The first-order valence-electron chi connectivity index (χ1n) is 6.08. The van der Waals surface area contributed by atoms with Crippen LogP contribution in [0.1, 0.15) is 34.6 Å². The van der Waals surface area contributed by atoms with Crippen LogP contribution in [-0.4, -0.2) is 21.9 Å². The maximum Gasteiger partial charge on any atom is 0.271 e. The Bertz CT molecular complexity index is 619. The molecular weight excluding hydrogens is 244 g/mol. The van der Waals surface area contributed by atoms with Gasteiger partial charge < -0.3 is 0 Å². The van der Waals surface area contributed by atoms with Gasteiger partial charge in [0.2, 0.25) is 0 Å². The Morgan fingerprint density at radius 2 is 2.05 bits per heavy atom. The number of amides is 1. The van der Waals surface area contributed by atoms with Crippen LogP contribution in [-0.2, 0) is 6.42 Å². The highest BCUT2D eigenvalue weighted by atomic mass is 16.6. The van der Waals surface area contributed by atoms with Crippen LogP contribution in [0.15, 0.2) is 40.1 Å². The molecule has 0 saturated carbocycles. The van der Waals surface area contributed by atoms with Crippen LogP contribution in [0.4, 0.5) is 0 Å². The van der Waals surface area contributed by atoms with Crippen LogP contribution in [0, 0.1) is 0 Å². The number of aromatic nitrogens is 2. The molecule has 96 valence electrons. The molecule has 0 saturated heterocycles. The van der Waals surface area contributed by atoms with Crippen molar-refractivity contribution in [2.24, 2.45) is 5.10 Å². The van der Waals surface area contributed by atoms with Gasteiger partial charge in [-0.1, -0.05) is 23.4 Å². The topological polar surface area (TPSA) is 80.4 Å². The molecule has 1 aliphatic carbocycles. The van der Waals surface area contributed by atoms with Gasteiger partial charge in [-0.3, -0.25) is 4.79 Å². The first kappa shape index (κ1) is 11.6. The average Bonchev–Trinajstić information content (AvgIpc) is 2.94. The number of hydrazone groups is 1. The Balaban J connectivity index is 1.76. The van der Waals surface area contributed by atoms with Gasteiger partial charge in [0, 0.05) is 5.56 Å². The molecule has 0 radical (unpaired) electrons. The number of hydrogen-bond donors (Lipinski definition) is 1. The van der Waals surface area contributed by atoms with Gasteiger partial charge in [0.25, 0.3) is 5.91 Å². The van der Waals surface area contributed by atoms with Gasteiger partial charge in [0.15, 0.2) is 5.69 Å². The van der Waals surface area contributed by atoms with Crippen molar-refractivity contribution in [3.8, 4) is 0 Å². The number of aryl methyl sites for hydroxylation is 1. The van der Waals surface area contributed by atoms with Gasteiger partial charge in [-0.25, -0.2) is 10.1 Å². The van der Waals surface area contributed by atoms with Crippen LogP contribution in [0.2, 0.25) is 0 Å². The standard InChI is InChI=1S/C13H12N4O2/c18-13(9-5-2-1-3-6-9)15-14-10-7-4-8-11-12(10)17-19-16-11/h1-3,5-6H,4,7-8H2,(H,15,18)/b14-10+. The summed E-state index contributed by atoms with van der Waals surface area (Å²) in [5, 5.41) is 11.8. The summed E-state index contributed by atoms with van der Waals surface area (Å²) in [5.41, 5.74) is 5.28. The molecule has 0 spiro atoms. The Labute approximate surface area is 109 Å². The molecule has 6 heteroatoms. The van der Waals surface area contributed by atoms with E-state index >= 15 is 0 Å². The summed E-state index contributed by atoms with van der Waals surface area (Å²) < 4.78 is 4.70. The van der Waals surface area contributed by atoms with Crippen LogP contribution in [0.25, 0.3) is 0 Å². The van der Waals surface area contributed by atoms with Crippen molar-refractivity contribution >= 4 is 11.6 Å². The van der Waals surface area contributed by atoms with E-state index in [1.807, 2.05) is 18.2 Å². The van der Waals surface area contributed by atoms with Crippen LogP contribution in [0.3, 0.4) is 0 Å². The zero-order valence-electron chi connectivity index (χ0n) is 10.2. The largest absolute Gasteiger partial charge is 0.271 e. The molecular formula is C13H12N4O2. The lowest BCUT2D eigenvalue weighted by molar-refractivity contribution is 0.0954. The van der Waals surface area contributed by atoms with E-state index in [4.69, 9.17) is 4.63 Å². The molecule has 0 aliphatic heterocycles. The summed E-state index contributed by atoms with van der Waals surface area (Å²) in [6, 6.07) is 8.95. The van der Waals surface area contributed by atoms with Crippen molar-refractivity contribution in [2.45, 2.75) is 19.3 Å². The third-order valence-corrected chi connectivity index (χ3v) is 2.99. The zero-order valence-corrected chi connectivity index (χ0v) is 10.2. The number of nitrogens with one attached hydrogen (secondary N) is 1. The molecule has 0 bridgehead atoms. The number of benzene rings is 1. The SMILES string of the molecule is O=C(N/N=C1\CCCc2nonc21)c1ccccc1. The maximum absolute atomic E-state index is 11.9. The average molecular weight is 256 g/mol. The van der Waals surface area contributed by atoms with E-state index in [-0.39, 0.29) is 5.91 Å². The molecule has 1 N–H and O–H groups in total. The summed E-state index contributed by atoms with van der Waals surface area (Å²) in [6.07, 6.45) is 2.53. The normalized spacial score (nSPS) is 16.1. The molecule has 3 rings (SSSR count). The highest BCUT2D eigenvalue weighted by molar-refractivity contribution is 6.02. The van der Waals surface area contributed by atoms with E-state index in [0.717, 1.165) is 25.0 Å². The van der Waals surface area contributed by atoms with Crippen molar-refractivity contribution in [1.82, 2.24) is 15.7 Å². The van der Waals surface area contributed by atoms with Crippen LogP contribution < -0.4 is 5.43 Å². The Morgan fingerprint density at radius 3 is 2.89 bits per heavy atom. The summed E-state index contributed by atoms with van der Waals surface area (Å²) in [7, 11) is 0. The molecule has 2 aromatic rings. The lowest BCUT2D eigenvalue weighted by atomic mass is 9.99. The zero-order chi connectivity index (χ0) is 13.1. The highest BCUT2D eigenvalue weighted by Gasteiger charge is 2.21. The molecule has 19 heavy (non-hydrogen) atoms. The van der Waals surface area contributed by atoms with Crippen molar-refractivity contribution in [1.29, 1.82) is 0 Å². The summed E-state index contributed by atoms with van der Waals surface area (Å²) in [5.74, 6) is -0.239. The molecule has 1 heterocycles. The predicted octanol–water partition coefficient (Wildman–Crippen LogP) is 1.54. The fraction of sp³-hybridized carbons (Fsp3) is 0.231. The van der Waals surface area contributed by atoms with E-state index in [0.29, 0.717) is 17.0 Å². The van der Waals surface area contributed by atoms with E-state index in [2.05, 4.69) is 20.8 Å².